The number of esters is 1. The monoisotopic (exact) mass is 539 g/mol. The van der Waals surface area contributed by atoms with Gasteiger partial charge in [-0.05, 0) is 19.4 Å². The minimum Gasteiger partial charge on any atom is -0.466 e. The van der Waals surface area contributed by atoms with Crippen molar-refractivity contribution in [3.05, 3.63) is 22.0 Å². The van der Waals surface area contributed by atoms with Gasteiger partial charge in [-0.1, -0.05) is 13.3 Å². The minimum absolute atomic E-state index is 0.0311. The number of aryl methyl sites for hydroxylation is 1. The fourth-order valence-corrected chi connectivity index (χ4v) is 5.67. The minimum atomic E-state index is -4.82. The zero-order chi connectivity index (χ0) is 26.0. The maximum absolute atomic E-state index is 13.0. The molecule has 0 aromatic carbocycles. The molecule has 0 amide bonds. The summed E-state index contributed by atoms with van der Waals surface area (Å²) in [4.78, 5) is 30.0. The zero-order valence-electron chi connectivity index (χ0n) is 19.6. The number of thiazole rings is 1. The first-order valence-electron chi connectivity index (χ1n) is 11.3. The Morgan fingerprint density at radius 3 is 2.67 bits per heavy atom. The van der Waals surface area contributed by atoms with Crippen molar-refractivity contribution in [1.82, 2.24) is 19.9 Å². The fraction of sp³-hybridized carbons (Fsp3) is 0.455. The highest BCUT2D eigenvalue weighted by atomic mass is 32.1. The number of nitrogens with one attached hydrogen (secondary N) is 2. The Bertz CT molecular complexity index is 1300. The fourth-order valence-electron chi connectivity index (χ4n) is 3.79. The predicted octanol–water partition coefficient (Wildman–Crippen LogP) is 4.51. The highest BCUT2D eigenvalue weighted by Crippen LogP contribution is 2.35. The number of nitrogens with zero attached hydrogens (tertiary/aromatic N) is 5. The van der Waals surface area contributed by atoms with E-state index in [9.17, 15) is 18.0 Å². The number of halogens is 3. The van der Waals surface area contributed by atoms with Crippen LogP contribution in [0.3, 0.4) is 0 Å². The van der Waals surface area contributed by atoms with Crippen molar-refractivity contribution in [1.29, 1.82) is 10.8 Å². The quantitative estimate of drug-likeness (QED) is 0.258. The molecular weight excluding hydrogens is 515 g/mol. The highest BCUT2D eigenvalue weighted by Gasteiger charge is 2.41. The molecule has 9 nitrogen and oxygen atoms in total. The molecule has 0 saturated carbocycles. The number of hydrogen-bond donors (Lipinski definition) is 2. The van der Waals surface area contributed by atoms with Crippen LogP contribution in [0.5, 0.6) is 0 Å². The van der Waals surface area contributed by atoms with Gasteiger partial charge >= 0.3 is 12.1 Å². The summed E-state index contributed by atoms with van der Waals surface area (Å²) in [6, 6.07) is 1.99. The Morgan fingerprint density at radius 2 is 2.00 bits per heavy atom. The topological polar surface area (TPSA) is 119 Å². The Labute approximate surface area is 213 Å². The number of rotatable bonds is 7. The van der Waals surface area contributed by atoms with Crippen LogP contribution in [0.4, 0.5) is 19.0 Å². The van der Waals surface area contributed by atoms with Crippen molar-refractivity contribution in [3.8, 4) is 10.8 Å². The van der Waals surface area contributed by atoms with Crippen LogP contribution >= 0.6 is 22.7 Å². The summed E-state index contributed by atoms with van der Waals surface area (Å²) in [6.45, 7) is 3.94. The lowest BCUT2D eigenvalue weighted by atomic mass is 10.2. The van der Waals surface area contributed by atoms with Crippen LogP contribution in [0, 0.1) is 10.8 Å². The maximum atomic E-state index is 13.0. The molecule has 192 valence electrons. The Kier molecular flexibility index (Phi) is 7.54. The van der Waals surface area contributed by atoms with Crippen LogP contribution in [-0.4, -0.2) is 69.9 Å². The first kappa shape index (κ1) is 25.9. The van der Waals surface area contributed by atoms with E-state index in [1.807, 2.05) is 6.07 Å². The van der Waals surface area contributed by atoms with Gasteiger partial charge in [0.15, 0.2) is 10.8 Å². The van der Waals surface area contributed by atoms with E-state index in [1.165, 1.54) is 22.7 Å². The van der Waals surface area contributed by atoms with Crippen molar-refractivity contribution >= 4 is 56.3 Å². The third-order valence-electron chi connectivity index (χ3n) is 5.39. The summed E-state index contributed by atoms with van der Waals surface area (Å²) in [7, 11) is 0. The molecule has 4 heterocycles. The van der Waals surface area contributed by atoms with Gasteiger partial charge in [0, 0.05) is 23.3 Å². The number of carbonyl (C=O) groups excluding carboxylic acids is 1. The average Bonchev–Trinajstić information content (AvgIpc) is 3.44. The van der Waals surface area contributed by atoms with Gasteiger partial charge in [0.05, 0.1) is 30.7 Å². The molecule has 0 spiro atoms. The second kappa shape index (κ2) is 10.5. The number of alkyl halides is 3. The lowest BCUT2D eigenvalue weighted by Gasteiger charge is -2.37. The van der Waals surface area contributed by atoms with E-state index < -0.39 is 12.0 Å². The summed E-state index contributed by atoms with van der Waals surface area (Å²) >= 11 is 2.81. The molecule has 3 aromatic heterocycles. The number of thiophene rings is 1. The smallest absolute Gasteiger partial charge is 0.449 e. The highest BCUT2D eigenvalue weighted by molar-refractivity contribution is 7.18. The molecule has 0 unspecified atom stereocenters. The average molecular weight is 540 g/mol. The lowest BCUT2D eigenvalue weighted by molar-refractivity contribution is -0.142. The van der Waals surface area contributed by atoms with Crippen LogP contribution in [-0.2, 0) is 22.4 Å². The number of fused-ring (bicyclic) bond motifs is 1. The molecule has 1 aliphatic rings. The molecule has 3 aromatic rings. The largest absolute Gasteiger partial charge is 0.466 e. The molecule has 4 rings (SSSR count). The van der Waals surface area contributed by atoms with Crippen molar-refractivity contribution in [3.63, 3.8) is 0 Å². The summed E-state index contributed by atoms with van der Waals surface area (Å²) < 4.78 is 44.1. The van der Waals surface area contributed by atoms with E-state index in [0.717, 1.165) is 27.9 Å². The van der Waals surface area contributed by atoms with E-state index in [0.29, 0.717) is 27.2 Å². The molecule has 2 N–H and O–H groups in total. The maximum Gasteiger partial charge on any atom is 0.449 e. The SMILES string of the molecule is CCCc1cc2c(N3CCN(C(=N)C(F)(F)F)C(=N)C3)nc(-c3nc(CC(=O)OCC)cs3)nc2s1. The van der Waals surface area contributed by atoms with Crippen molar-refractivity contribution < 1.29 is 22.7 Å². The van der Waals surface area contributed by atoms with Gasteiger partial charge in [-0.3, -0.25) is 15.6 Å². The summed E-state index contributed by atoms with van der Waals surface area (Å²) in [5, 5.41) is 18.6. The van der Waals surface area contributed by atoms with Gasteiger partial charge in [-0.2, -0.15) is 13.2 Å². The number of ether oxygens (including phenoxy) is 1. The first-order valence-corrected chi connectivity index (χ1v) is 13.0. The zero-order valence-corrected chi connectivity index (χ0v) is 21.2. The number of aromatic nitrogens is 3. The van der Waals surface area contributed by atoms with Gasteiger partial charge in [-0.25, -0.2) is 15.0 Å². The van der Waals surface area contributed by atoms with Crippen molar-refractivity contribution in [2.75, 3.05) is 31.1 Å². The normalized spacial score (nSPS) is 14.5. The summed E-state index contributed by atoms with van der Waals surface area (Å²) in [5.74, 6) is -1.39. The molecule has 0 radical (unpaired) electrons. The third-order valence-corrected chi connectivity index (χ3v) is 7.37. The molecule has 0 atom stereocenters. The van der Waals surface area contributed by atoms with E-state index >= 15 is 0 Å². The molecule has 1 aliphatic heterocycles. The predicted molar refractivity (Wildman–Crippen MR) is 133 cm³/mol. The number of piperazine rings is 1. The lowest BCUT2D eigenvalue weighted by Crippen LogP contribution is -2.55. The first-order chi connectivity index (χ1) is 17.1. The van der Waals surface area contributed by atoms with E-state index in [-0.39, 0.29) is 44.5 Å². The van der Waals surface area contributed by atoms with E-state index in [2.05, 4.69) is 11.9 Å². The number of amidine groups is 2. The van der Waals surface area contributed by atoms with Crippen LogP contribution < -0.4 is 4.90 Å². The van der Waals surface area contributed by atoms with Gasteiger partial charge < -0.3 is 14.5 Å². The van der Waals surface area contributed by atoms with Crippen molar-refractivity contribution in [2.24, 2.45) is 0 Å². The van der Waals surface area contributed by atoms with Gasteiger partial charge in [0.1, 0.15) is 16.5 Å². The Hall–Kier alpha value is -3.13. The summed E-state index contributed by atoms with van der Waals surface area (Å²) in [5.41, 5.74) is 0.539. The van der Waals surface area contributed by atoms with Crippen LogP contribution in [0.1, 0.15) is 30.8 Å². The number of hydrogen-bond acceptors (Lipinski definition) is 10. The molecule has 36 heavy (non-hydrogen) atoms. The van der Waals surface area contributed by atoms with Crippen LogP contribution in [0.15, 0.2) is 11.4 Å². The molecule has 1 fully saturated rings. The van der Waals surface area contributed by atoms with Crippen LogP contribution in [0.2, 0.25) is 0 Å². The van der Waals surface area contributed by atoms with Crippen LogP contribution in [0.25, 0.3) is 21.0 Å². The second-order valence-electron chi connectivity index (χ2n) is 8.04. The molecular formula is C22H24F3N7O2S2. The number of carbonyl (C=O) groups is 1. The van der Waals surface area contributed by atoms with E-state index in [1.54, 1.807) is 17.2 Å². The van der Waals surface area contributed by atoms with E-state index in [4.69, 9.17) is 25.5 Å². The van der Waals surface area contributed by atoms with Gasteiger partial charge in [-0.15, -0.1) is 22.7 Å². The number of anilines is 1. The standard InChI is InChI=1S/C22H24F3N7O2S2/c1-3-5-13-9-14-18(31-6-7-32(15(26)10-31)21(27)22(23,24)25)29-17(30-19(14)36-13)20-28-12(11-35-20)8-16(33)34-4-2/h9,11,26-27H,3-8,10H2,1-2H3. The Balaban J connectivity index is 1.67. The second-order valence-corrected chi connectivity index (χ2v) is 10.0. The summed E-state index contributed by atoms with van der Waals surface area (Å²) in [6.07, 6.45) is -3.00. The molecule has 1 saturated heterocycles. The van der Waals surface area contributed by atoms with Crippen molar-refractivity contribution in [2.45, 2.75) is 39.3 Å². The molecule has 0 aliphatic carbocycles. The molecule has 0 bridgehead atoms. The third kappa shape index (κ3) is 5.48. The van der Waals surface area contributed by atoms with Gasteiger partial charge in [0.2, 0.25) is 5.84 Å². The van der Waals surface area contributed by atoms with Gasteiger partial charge in [0.25, 0.3) is 0 Å². The molecule has 14 heteroatoms. The Morgan fingerprint density at radius 1 is 1.22 bits per heavy atom.